The fourth-order valence-corrected chi connectivity index (χ4v) is 3.13. The van der Waals surface area contributed by atoms with Crippen molar-refractivity contribution in [2.24, 2.45) is 5.92 Å². The number of carboxylic acids is 1. The first kappa shape index (κ1) is 20.2. The molecule has 0 aliphatic carbocycles. The van der Waals surface area contributed by atoms with Crippen molar-refractivity contribution >= 4 is 22.8 Å². The highest BCUT2D eigenvalue weighted by Crippen LogP contribution is 2.18. The van der Waals surface area contributed by atoms with E-state index in [-0.39, 0.29) is 5.92 Å². The van der Waals surface area contributed by atoms with Gasteiger partial charge in [-0.3, -0.25) is 9.59 Å². The maximum absolute atomic E-state index is 13.2. The molecule has 1 amide bonds. The molecule has 8 nitrogen and oxygen atoms in total. The summed E-state index contributed by atoms with van der Waals surface area (Å²) in [6.45, 7) is 3.60. The molecule has 3 unspecified atom stereocenters. The van der Waals surface area contributed by atoms with Crippen LogP contribution in [0.25, 0.3) is 10.9 Å². The number of nitrogens with zero attached hydrogens (tertiary/aromatic N) is 3. The molecule has 0 saturated carbocycles. The second-order valence-corrected chi connectivity index (χ2v) is 6.88. The average molecular weight is 394 g/mol. The summed E-state index contributed by atoms with van der Waals surface area (Å²) in [4.78, 5) is 37.8. The van der Waals surface area contributed by atoms with E-state index in [4.69, 9.17) is 0 Å². The minimum Gasteiger partial charge on any atom is -0.480 e. The molecule has 2 N–H and O–H groups in total. The summed E-state index contributed by atoms with van der Waals surface area (Å²) in [5, 5.41) is 20.5. The largest absolute Gasteiger partial charge is 0.480 e. The van der Waals surface area contributed by atoms with E-state index in [1.54, 1.807) is 61.5 Å². The van der Waals surface area contributed by atoms with Crippen LogP contribution in [0.2, 0.25) is 0 Å². The van der Waals surface area contributed by atoms with Gasteiger partial charge in [0.25, 0.3) is 5.56 Å². The van der Waals surface area contributed by atoms with E-state index in [1.165, 1.54) is 0 Å². The Labute approximate surface area is 167 Å². The summed E-state index contributed by atoms with van der Waals surface area (Å²) >= 11 is 0. The number of carbonyl (C=O) groups excluding carboxylic acids is 1. The predicted molar refractivity (Wildman–Crippen MR) is 107 cm³/mol. The smallest absolute Gasteiger partial charge is 0.326 e. The molecule has 3 aromatic rings. The van der Waals surface area contributed by atoms with Crippen molar-refractivity contribution < 1.29 is 14.7 Å². The Morgan fingerprint density at radius 3 is 2.41 bits per heavy atom. The van der Waals surface area contributed by atoms with E-state index < -0.39 is 29.5 Å². The summed E-state index contributed by atoms with van der Waals surface area (Å²) in [6, 6.07) is 13.1. The Morgan fingerprint density at radius 2 is 1.76 bits per heavy atom. The lowest BCUT2D eigenvalue weighted by molar-refractivity contribution is -0.143. The number of amides is 1. The van der Waals surface area contributed by atoms with Gasteiger partial charge in [-0.25, -0.2) is 4.79 Å². The lowest BCUT2D eigenvalue weighted by atomic mass is 9.98. The number of rotatable bonds is 7. The number of carboxylic acid groups (broad SMARTS) is 1. The van der Waals surface area contributed by atoms with Crippen LogP contribution >= 0.6 is 0 Å². The van der Waals surface area contributed by atoms with Crippen molar-refractivity contribution in [3.8, 4) is 0 Å². The van der Waals surface area contributed by atoms with E-state index in [9.17, 15) is 19.5 Å². The summed E-state index contributed by atoms with van der Waals surface area (Å²) in [7, 11) is 0. The van der Waals surface area contributed by atoms with Gasteiger partial charge in [0.05, 0.1) is 5.39 Å². The second kappa shape index (κ2) is 8.64. The Bertz CT molecular complexity index is 1080. The molecule has 8 heteroatoms. The quantitative estimate of drug-likeness (QED) is 0.633. The van der Waals surface area contributed by atoms with Crippen LogP contribution in [0.5, 0.6) is 0 Å². The highest BCUT2D eigenvalue weighted by molar-refractivity contribution is 5.88. The molecule has 2 aromatic carbocycles. The van der Waals surface area contributed by atoms with Crippen LogP contribution < -0.4 is 10.9 Å². The highest BCUT2D eigenvalue weighted by atomic mass is 16.4. The third-order valence-electron chi connectivity index (χ3n) is 4.98. The number of aromatic nitrogens is 3. The first-order chi connectivity index (χ1) is 13.9. The number of hydrogen-bond donors (Lipinski definition) is 2. The number of nitrogens with one attached hydrogen (secondary N) is 1. The predicted octanol–water partition coefficient (Wildman–Crippen LogP) is 2.00. The van der Waals surface area contributed by atoms with E-state index in [1.807, 2.05) is 6.92 Å². The van der Waals surface area contributed by atoms with Gasteiger partial charge in [0.2, 0.25) is 5.91 Å². The van der Waals surface area contributed by atoms with Crippen LogP contribution in [-0.4, -0.2) is 38.0 Å². The van der Waals surface area contributed by atoms with Crippen molar-refractivity contribution in [1.29, 1.82) is 0 Å². The van der Waals surface area contributed by atoms with Crippen LogP contribution in [0, 0.1) is 5.92 Å². The van der Waals surface area contributed by atoms with Crippen molar-refractivity contribution in [2.75, 3.05) is 0 Å². The first-order valence-corrected chi connectivity index (χ1v) is 9.36. The first-order valence-electron chi connectivity index (χ1n) is 9.36. The molecule has 0 spiro atoms. The summed E-state index contributed by atoms with van der Waals surface area (Å²) in [5.74, 6) is -2.04. The van der Waals surface area contributed by atoms with Crippen LogP contribution in [0.1, 0.15) is 31.9 Å². The highest BCUT2D eigenvalue weighted by Gasteiger charge is 2.32. The van der Waals surface area contributed by atoms with Gasteiger partial charge in [-0.15, -0.1) is 5.10 Å². The van der Waals surface area contributed by atoms with Gasteiger partial charge >= 0.3 is 5.97 Å². The number of aliphatic carboxylic acids is 1. The van der Waals surface area contributed by atoms with E-state index >= 15 is 0 Å². The minimum absolute atomic E-state index is 0.285. The molecular formula is C21H22N4O4. The van der Waals surface area contributed by atoms with Gasteiger partial charge in [-0.1, -0.05) is 67.9 Å². The molecule has 29 heavy (non-hydrogen) atoms. The zero-order chi connectivity index (χ0) is 21.0. The molecule has 1 heterocycles. The van der Waals surface area contributed by atoms with Gasteiger partial charge in [0, 0.05) is 0 Å². The lowest BCUT2D eigenvalue weighted by Crippen LogP contribution is -2.49. The molecule has 0 aliphatic rings. The number of hydrogen-bond acceptors (Lipinski definition) is 5. The molecule has 3 atom stereocenters. The molecule has 3 rings (SSSR count). The maximum Gasteiger partial charge on any atom is 0.326 e. The fourth-order valence-electron chi connectivity index (χ4n) is 3.13. The Hall–Kier alpha value is -3.55. The lowest BCUT2D eigenvalue weighted by Gasteiger charge is -2.24. The summed E-state index contributed by atoms with van der Waals surface area (Å²) in [6.07, 6.45) is 0.572. The van der Waals surface area contributed by atoms with E-state index in [0.29, 0.717) is 22.9 Å². The van der Waals surface area contributed by atoms with Crippen LogP contribution in [0.15, 0.2) is 59.4 Å². The van der Waals surface area contributed by atoms with Gasteiger partial charge in [-0.2, -0.15) is 4.68 Å². The van der Waals surface area contributed by atoms with Crippen LogP contribution in [-0.2, 0) is 9.59 Å². The Kier molecular flexibility index (Phi) is 6.01. The third kappa shape index (κ3) is 4.16. The number of benzene rings is 2. The normalized spacial score (nSPS) is 14.1. The van der Waals surface area contributed by atoms with Crippen LogP contribution in [0.4, 0.5) is 0 Å². The average Bonchev–Trinajstić information content (AvgIpc) is 2.74. The molecule has 0 saturated heterocycles. The Balaban J connectivity index is 2.09. The monoisotopic (exact) mass is 394 g/mol. The van der Waals surface area contributed by atoms with Crippen molar-refractivity contribution in [3.05, 3.63) is 70.5 Å². The van der Waals surface area contributed by atoms with Gasteiger partial charge < -0.3 is 10.4 Å². The molecule has 0 radical (unpaired) electrons. The van der Waals surface area contributed by atoms with E-state index in [0.717, 1.165) is 4.68 Å². The molecular weight excluding hydrogens is 372 g/mol. The summed E-state index contributed by atoms with van der Waals surface area (Å²) < 4.78 is 1.00. The second-order valence-electron chi connectivity index (χ2n) is 6.88. The van der Waals surface area contributed by atoms with Gasteiger partial charge in [0.1, 0.15) is 11.6 Å². The summed E-state index contributed by atoms with van der Waals surface area (Å²) in [5.41, 5.74) is 0.448. The topological polar surface area (TPSA) is 114 Å². The van der Waals surface area contributed by atoms with E-state index in [2.05, 4.69) is 15.6 Å². The zero-order valence-electron chi connectivity index (χ0n) is 16.1. The SMILES string of the molecule is CCC(C)C(NC(=O)C(c1ccccc1)n1nnc2ccccc2c1=O)C(=O)O. The third-order valence-corrected chi connectivity index (χ3v) is 4.98. The van der Waals surface area contributed by atoms with Gasteiger partial charge in [0.15, 0.2) is 6.04 Å². The van der Waals surface area contributed by atoms with Crippen LogP contribution in [0.3, 0.4) is 0 Å². The van der Waals surface area contributed by atoms with Crippen molar-refractivity contribution in [3.63, 3.8) is 0 Å². The molecule has 0 bridgehead atoms. The minimum atomic E-state index is -1.15. The van der Waals surface area contributed by atoms with Crippen molar-refractivity contribution in [2.45, 2.75) is 32.4 Å². The zero-order valence-corrected chi connectivity index (χ0v) is 16.1. The van der Waals surface area contributed by atoms with Gasteiger partial charge in [-0.05, 0) is 23.6 Å². The molecule has 150 valence electrons. The number of carbonyl (C=O) groups is 2. The molecule has 0 fully saturated rings. The molecule has 0 aliphatic heterocycles. The Morgan fingerprint density at radius 1 is 1.10 bits per heavy atom. The maximum atomic E-state index is 13.2. The molecule has 1 aromatic heterocycles. The number of fused-ring (bicyclic) bond motifs is 1. The van der Waals surface area contributed by atoms with Crippen molar-refractivity contribution in [1.82, 2.24) is 20.3 Å². The fraction of sp³-hybridized carbons (Fsp3) is 0.286. The standard InChI is InChI=1S/C21H22N4O4/c1-3-13(2)17(21(28)29)22-19(26)18(14-9-5-4-6-10-14)25-20(27)15-11-7-8-12-16(15)23-24-25/h4-13,17-18H,3H2,1-2H3,(H,22,26)(H,28,29).